The van der Waals surface area contributed by atoms with E-state index < -0.39 is 0 Å². The Morgan fingerprint density at radius 2 is 2.00 bits per heavy atom. The van der Waals surface area contributed by atoms with Crippen molar-refractivity contribution in [2.24, 2.45) is 17.8 Å². The van der Waals surface area contributed by atoms with Crippen LogP contribution in [0, 0.1) is 17.8 Å². The lowest BCUT2D eigenvalue weighted by molar-refractivity contribution is 0.000610. The summed E-state index contributed by atoms with van der Waals surface area (Å²) in [5.41, 5.74) is 0. The Morgan fingerprint density at radius 3 is 2.75 bits per heavy atom. The summed E-state index contributed by atoms with van der Waals surface area (Å²) in [6, 6.07) is 0. The van der Waals surface area contributed by atoms with Gasteiger partial charge in [0.05, 0.1) is 6.10 Å². The molecule has 3 atom stereocenters. The van der Waals surface area contributed by atoms with Crippen molar-refractivity contribution >= 4 is 0 Å². The Morgan fingerprint density at radius 1 is 1.17 bits per heavy atom. The predicted molar refractivity (Wildman–Crippen MR) is 50.0 cm³/mol. The molecule has 1 heteroatoms. The molecule has 1 saturated heterocycles. The van der Waals surface area contributed by atoms with E-state index in [0.717, 1.165) is 24.4 Å². The van der Waals surface area contributed by atoms with Gasteiger partial charge in [-0.3, -0.25) is 0 Å². The average molecular weight is 168 g/mol. The number of fused-ring (bicyclic) bond motifs is 1. The summed E-state index contributed by atoms with van der Waals surface area (Å²) < 4.78 is 5.83. The Bertz CT molecular complexity index is 153. The van der Waals surface area contributed by atoms with Gasteiger partial charge in [0.1, 0.15) is 0 Å². The molecular formula is C11H20O. The molecule has 0 spiro atoms. The van der Waals surface area contributed by atoms with Gasteiger partial charge in [-0.05, 0) is 37.0 Å². The van der Waals surface area contributed by atoms with E-state index in [2.05, 4.69) is 13.8 Å². The monoisotopic (exact) mass is 168 g/mol. The highest BCUT2D eigenvalue weighted by atomic mass is 16.5. The maximum Gasteiger partial charge on any atom is 0.0634 e. The van der Waals surface area contributed by atoms with Crippen molar-refractivity contribution in [3.8, 4) is 0 Å². The van der Waals surface area contributed by atoms with Crippen molar-refractivity contribution < 1.29 is 4.74 Å². The molecule has 0 N–H and O–H groups in total. The first-order chi connectivity index (χ1) is 5.79. The largest absolute Gasteiger partial charge is 0.378 e. The molecule has 0 radical (unpaired) electrons. The van der Waals surface area contributed by atoms with Crippen LogP contribution in [0.1, 0.15) is 39.5 Å². The van der Waals surface area contributed by atoms with E-state index in [1.807, 2.05) is 0 Å². The lowest BCUT2D eigenvalue weighted by Gasteiger charge is -2.35. The zero-order valence-electron chi connectivity index (χ0n) is 8.25. The zero-order chi connectivity index (χ0) is 8.55. The van der Waals surface area contributed by atoms with Crippen molar-refractivity contribution in [3.63, 3.8) is 0 Å². The molecule has 0 aromatic rings. The third kappa shape index (κ3) is 1.39. The fourth-order valence-corrected chi connectivity index (χ4v) is 2.93. The molecule has 0 bridgehead atoms. The Hall–Kier alpha value is -0.0400. The average Bonchev–Trinajstić information content (AvgIpc) is 2.49. The summed E-state index contributed by atoms with van der Waals surface area (Å²) in [7, 11) is 0. The molecule has 1 nitrogen and oxygen atoms in total. The minimum Gasteiger partial charge on any atom is -0.378 e. The van der Waals surface area contributed by atoms with Crippen LogP contribution in [0.2, 0.25) is 0 Å². The molecule has 70 valence electrons. The van der Waals surface area contributed by atoms with E-state index in [9.17, 15) is 0 Å². The van der Waals surface area contributed by atoms with Crippen molar-refractivity contribution in [2.75, 3.05) is 6.61 Å². The normalized spacial score (nSPS) is 41.8. The van der Waals surface area contributed by atoms with Gasteiger partial charge in [-0.15, -0.1) is 0 Å². The first-order valence-electron chi connectivity index (χ1n) is 5.40. The Kier molecular flexibility index (Phi) is 2.40. The van der Waals surface area contributed by atoms with E-state index in [1.165, 1.54) is 25.7 Å². The third-order valence-electron chi connectivity index (χ3n) is 3.65. The van der Waals surface area contributed by atoms with Gasteiger partial charge >= 0.3 is 0 Å². The Balaban J connectivity index is 2.03. The molecule has 2 aliphatic rings. The van der Waals surface area contributed by atoms with Crippen LogP contribution in [-0.4, -0.2) is 12.7 Å². The van der Waals surface area contributed by atoms with Crippen LogP contribution in [0.5, 0.6) is 0 Å². The summed E-state index contributed by atoms with van der Waals surface area (Å²) in [4.78, 5) is 0. The molecule has 0 aromatic heterocycles. The van der Waals surface area contributed by atoms with E-state index >= 15 is 0 Å². The highest BCUT2D eigenvalue weighted by Gasteiger charge is 2.38. The molecule has 3 unspecified atom stereocenters. The summed E-state index contributed by atoms with van der Waals surface area (Å²) >= 11 is 0. The van der Waals surface area contributed by atoms with Crippen molar-refractivity contribution in [1.82, 2.24) is 0 Å². The number of hydrogen-bond acceptors (Lipinski definition) is 1. The van der Waals surface area contributed by atoms with Crippen molar-refractivity contribution in [1.29, 1.82) is 0 Å². The molecule has 2 fully saturated rings. The lowest BCUT2D eigenvalue weighted by atomic mass is 9.74. The summed E-state index contributed by atoms with van der Waals surface area (Å²) in [6.45, 7) is 5.71. The molecular weight excluding hydrogens is 148 g/mol. The van der Waals surface area contributed by atoms with Gasteiger partial charge in [-0.1, -0.05) is 20.3 Å². The maximum atomic E-state index is 5.83. The minimum atomic E-state index is 0.624. The molecule has 0 aromatic carbocycles. The predicted octanol–water partition coefficient (Wildman–Crippen LogP) is 2.85. The zero-order valence-corrected chi connectivity index (χ0v) is 8.25. The summed E-state index contributed by atoms with van der Waals surface area (Å²) in [6.07, 6.45) is 6.22. The molecule has 12 heavy (non-hydrogen) atoms. The molecule has 1 aliphatic carbocycles. The molecule has 0 amide bonds. The smallest absolute Gasteiger partial charge is 0.0634 e. The highest BCUT2D eigenvalue weighted by Crippen LogP contribution is 2.40. The lowest BCUT2D eigenvalue weighted by Crippen LogP contribution is -2.33. The molecule has 2 rings (SSSR count). The quantitative estimate of drug-likeness (QED) is 0.585. The van der Waals surface area contributed by atoms with Crippen LogP contribution in [0.3, 0.4) is 0 Å². The van der Waals surface area contributed by atoms with Crippen LogP contribution in [0.15, 0.2) is 0 Å². The minimum absolute atomic E-state index is 0.624. The number of rotatable bonds is 1. The van der Waals surface area contributed by atoms with Crippen LogP contribution in [0.25, 0.3) is 0 Å². The maximum absolute atomic E-state index is 5.83. The van der Waals surface area contributed by atoms with E-state index in [0.29, 0.717) is 6.10 Å². The second-order valence-corrected chi connectivity index (χ2v) is 4.72. The van der Waals surface area contributed by atoms with Gasteiger partial charge in [-0.25, -0.2) is 0 Å². The highest BCUT2D eigenvalue weighted by molar-refractivity contribution is 4.87. The fourth-order valence-electron chi connectivity index (χ4n) is 2.93. The van der Waals surface area contributed by atoms with Crippen molar-refractivity contribution in [3.05, 3.63) is 0 Å². The number of hydrogen-bond donors (Lipinski definition) is 0. The molecule has 1 saturated carbocycles. The van der Waals surface area contributed by atoms with E-state index in [1.54, 1.807) is 0 Å². The Labute approximate surface area is 75.5 Å². The first-order valence-corrected chi connectivity index (χ1v) is 5.40. The standard InChI is InChI=1S/C11H20O/c1-8(2)10-5-3-4-9-6-7-12-11(9)10/h8-11H,3-7H2,1-2H3. The molecule has 1 aliphatic heterocycles. The van der Waals surface area contributed by atoms with E-state index in [4.69, 9.17) is 4.74 Å². The van der Waals surface area contributed by atoms with Gasteiger partial charge in [-0.2, -0.15) is 0 Å². The van der Waals surface area contributed by atoms with Gasteiger partial charge in [0.2, 0.25) is 0 Å². The van der Waals surface area contributed by atoms with Crippen LogP contribution >= 0.6 is 0 Å². The third-order valence-corrected chi connectivity index (χ3v) is 3.65. The summed E-state index contributed by atoms with van der Waals surface area (Å²) in [5.74, 6) is 2.58. The SMILES string of the molecule is CC(C)C1CCCC2CCOC21. The second-order valence-electron chi connectivity index (χ2n) is 4.72. The van der Waals surface area contributed by atoms with Gasteiger partial charge in [0.25, 0.3) is 0 Å². The fraction of sp³-hybridized carbons (Fsp3) is 1.00. The first kappa shape index (κ1) is 8.55. The van der Waals surface area contributed by atoms with Crippen LogP contribution in [0.4, 0.5) is 0 Å². The molecule has 1 heterocycles. The van der Waals surface area contributed by atoms with Gasteiger partial charge in [0.15, 0.2) is 0 Å². The summed E-state index contributed by atoms with van der Waals surface area (Å²) in [5, 5.41) is 0. The topological polar surface area (TPSA) is 9.23 Å². The number of ether oxygens (including phenoxy) is 1. The van der Waals surface area contributed by atoms with Crippen LogP contribution < -0.4 is 0 Å². The van der Waals surface area contributed by atoms with E-state index in [-0.39, 0.29) is 0 Å². The van der Waals surface area contributed by atoms with Crippen LogP contribution in [-0.2, 0) is 4.74 Å². The van der Waals surface area contributed by atoms with Gasteiger partial charge in [0, 0.05) is 6.61 Å². The second kappa shape index (κ2) is 3.37. The van der Waals surface area contributed by atoms with Gasteiger partial charge < -0.3 is 4.74 Å². The van der Waals surface area contributed by atoms with Crippen molar-refractivity contribution in [2.45, 2.75) is 45.6 Å².